The molecule has 2 aromatic heterocycles. The number of nitrogens with zero attached hydrogens (tertiary/aromatic N) is 4. The zero-order valence-corrected chi connectivity index (χ0v) is 12.5. The molecule has 1 fully saturated rings. The van der Waals surface area contributed by atoms with Crippen LogP contribution >= 0.6 is 0 Å². The predicted molar refractivity (Wildman–Crippen MR) is 79.2 cm³/mol. The van der Waals surface area contributed by atoms with Gasteiger partial charge in [-0.3, -0.25) is 9.25 Å². The van der Waals surface area contributed by atoms with Gasteiger partial charge in [0.1, 0.15) is 0 Å². The molecule has 5 heteroatoms. The third kappa shape index (κ3) is 2.26. The number of imidazole rings is 1. The first kappa shape index (κ1) is 13.4. The van der Waals surface area contributed by atoms with Crippen molar-refractivity contribution in [2.45, 2.75) is 45.1 Å². The summed E-state index contributed by atoms with van der Waals surface area (Å²) in [6, 6.07) is 0.380. The maximum atomic E-state index is 4.44. The van der Waals surface area contributed by atoms with Crippen LogP contribution in [0.3, 0.4) is 0 Å². The summed E-state index contributed by atoms with van der Waals surface area (Å²) in [4.78, 5) is 4.38. The fourth-order valence-electron chi connectivity index (χ4n) is 2.92. The van der Waals surface area contributed by atoms with E-state index in [0.717, 1.165) is 31.6 Å². The lowest BCUT2D eigenvalue weighted by Gasteiger charge is -2.34. The van der Waals surface area contributed by atoms with Crippen LogP contribution in [-0.4, -0.2) is 32.4 Å². The van der Waals surface area contributed by atoms with Gasteiger partial charge < -0.3 is 5.32 Å². The molecular weight excluding hydrogens is 250 g/mol. The Bertz CT molecular complexity index is 575. The highest BCUT2D eigenvalue weighted by atomic mass is 15.3. The topological polar surface area (TPSA) is 47.7 Å². The van der Waals surface area contributed by atoms with Crippen molar-refractivity contribution >= 4 is 0 Å². The summed E-state index contributed by atoms with van der Waals surface area (Å²) in [5.74, 6) is 0. The summed E-state index contributed by atoms with van der Waals surface area (Å²) in [6.07, 6.45) is 10.2. The van der Waals surface area contributed by atoms with Crippen LogP contribution in [0.25, 0.3) is 5.69 Å². The summed E-state index contributed by atoms with van der Waals surface area (Å²) in [5, 5.41) is 7.87. The molecule has 3 heterocycles. The van der Waals surface area contributed by atoms with E-state index < -0.39 is 0 Å². The van der Waals surface area contributed by atoms with E-state index in [1.807, 2.05) is 23.4 Å². The van der Waals surface area contributed by atoms with Crippen molar-refractivity contribution in [1.82, 2.24) is 24.6 Å². The number of hydrogen-bond acceptors (Lipinski definition) is 3. The first-order chi connectivity index (χ1) is 9.60. The van der Waals surface area contributed by atoms with E-state index in [1.165, 1.54) is 5.69 Å². The fraction of sp³-hybridized carbons (Fsp3) is 0.600. The van der Waals surface area contributed by atoms with Crippen molar-refractivity contribution in [2.24, 2.45) is 0 Å². The van der Waals surface area contributed by atoms with Gasteiger partial charge in [-0.1, -0.05) is 6.92 Å². The van der Waals surface area contributed by atoms with Crippen LogP contribution in [0.5, 0.6) is 0 Å². The van der Waals surface area contributed by atoms with Gasteiger partial charge in [0.15, 0.2) is 0 Å². The summed E-state index contributed by atoms with van der Waals surface area (Å²) in [7, 11) is 0. The quantitative estimate of drug-likeness (QED) is 0.933. The second kappa shape index (κ2) is 5.05. The molecular formula is C15H23N5. The zero-order valence-electron chi connectivity index (χ0n) is 12.5. The maximum absolute atomic E-state index is 4.44. The van der Waals surface area contributed by atoms with Gasteiger partial charge in [0.2, 0.25) is 0 Å². The molecule has 1 aliphatic heterocycles. The van der Waals surface area contributed by atoms with Gasteiger partial charge in [0.05, 0.1) is 18.2 Å². The van der Waals surface area contributed by atoms with Crippen molar-refractivity contribution in [2.75, 3.05) is 13.1 Å². The Morgan fingerprint density at radius 3 is 2.65 bits per heavy atom. The Kier molecular flexibility index (Phi) is 3.38. The van der Waals surface area contributed by atoms with E-state index in [-0.39, 0.29) is 5.41 Å². The SMILES string of the molecule is CC(C)n1cc(-n2cncc2C2(C)CCNCC2)cn1. The number of nitrogens with one attached hydrogen (secondary N) is 1. The van der Waals surface area contributed by atoms with E-state index in [1.54, 1.807) is 0 Å². The average molecular weight is 273 g/mol. The van der Waals surface area contributed by atoms with Crippen LogP contribution in [0, 0.1) is 0 Å². The van der Waals surface area contributed by atoms with E-state index in [0.29, 0.717) is 6.04 Å². The number of rotatable bonds is 3. The lowest BCUT2D eigenvalue weighted by molar-refractivity contribution is 0.324. The van der Waals surface area contributed by atoms with Crippen LogP contribution in [0.4, 0.5) is 0 Å². The second-order valence-corrected chi connectivity index (χ2v) is 6.23. The summed E-state index contributed by atoms with van der Waals surface area (Å²) in [6.45, 7) is 8.77. The highest BCUT2D eigenvalue weighted by molar-refractivity contribution is 5.32. The summed E-state index contributed by atoms with van der Waals surface area (Å²) >= 11 is 0. The molecule has 0 unspecified atom stereocenters. The molecule has 0 bridgehead atoms. The van der Waals surface area contributed by atoms with E-state index in [4.69, 9.17) is 0 Å². The Morgan fingerprint density at radius 1 is 1.25 bits per heavy atom. The molecule has 1 saturated heterocycles. The van der Waals surface area contributed by atoms with Crippen LogP contribution in [0.15, 0.2) is 24.9 Å². The van der Waals surface area contributed by atoms with Gasteiger partial charge in [-0.25, -0.2) is 4.98 Å². The lowest BCUT2D eigenvalue weighted by Crippen LogP contribution is -2.38. The smallest absolute Gasteiger partial charge is 0.0995 e. The molecule has 108 valence electrons. The number of aromatic nitrogens is 4. The first-order valence-corrected chi connectivity index (χ1v) is 7.38. The van der Waals surface area contributed by atoms with Crippen LogP contribution in [-0.2, 0) is 5.41 Å². The minimum Gasteiger partial charge on any atom is -0.317 e. The van der Waals surface area contributed by atoms with E-state index >= 15 is 0 Å². The molecule has 0 saturated carbocycles. The summed E-state index contributed by atoms with van der Waals surface area (Å²) < 4.78 is 4.18. The molecule has 1 aliphatic rings. The lowest BCUT2D eigenvalue weighted by atomic mass is 9.78. The first-order valence-electron chi connectivity index (χ1n) is 7.38. The molecule has 1 N–H and O–H groups in total. The second-order valence-electron chi connectivity index (χ2n) is 6.23. The van der Waals surface area contributed by atoms with Crippen molar-refractivity contribution < 1.29 is 0 Å². The normalized spacial score (nSPS) is 18.6. The molecule has 0 spiro atoms. The number of hydrogen-bond donors (Lipinski definition) is 1. The highest BCUT2D eigenvalue weighted by Crippen LogP contribution is 2.33. The molecule has 2 aromatic rings. The predicted octanol–water partition coefficient (Wildman–Crippen LogP) is 2.29. The molecule has 0 atom stereocenters. The van der Waals surface area contributed by atoms with E-state index in [9.17, 15) is 0 Å². The van der Waals surface area contributed by atoms with Gasteiger partial charge >= 0.3 is 0 Å². The Hall–Kier alpha value is -1.62. The highest BCUT2D eigenvalue weighted by Gasteiger charge is 2.32. The monoisotopic (exact) mass is 273 g/mol. The third-order valence-electron chi connectivity index (χ3n) is 4.36. The largest absolute Gasteiger partial charge is 0.317 e. The van der Waals surface area contributed by atoms with Gasteiger partial charge in [-0.15, -0.1) is 0 Å². The third-order valence-corrected chi connectivity index (χ3v) is 4.36. The van der Waals surface area contributed by atoms with Gasteiger partial charge in [0.25, 0.3) is 0 Å². The minimum atomic E-state index is 0.196. The molecule has 0 amide bonds. The molecule has 5 nitrogen and oxygen atoms in total. The van der Waals surface area contributed by atoms with Crippen LogP contribution in [0.1, 0.15) is 45.3 Å². The molecule has 0 aromatic carbocycles. The van der Waals surface area contributed by atoms with Crippen LogP contribution in [0.2, 0.25) is 0 Å². The fourth-order valence-corrected chi connectivity index (χ4v) is 2.92. The van der Waals surface area contributed by atoms with Crippen molar-refractivity contribution in [3.63, 3.8) is 0 Å². The van der Waals surface area contributed by atoms with Gasteiger partial charge in [-0.2, -0.15) is 5.10 Å². The summed E-state index contributed by atoms with van der Waals surface area (Å²) in [5.41, 5.74) is 2.59. The zero-order chi connectivity index (χ0) is 14.2. The van der Waals surface area contributed by atoms with E-state index in [2.05, 4.69) is 46.9 Å². The van der Waals surface area contributed by atoms with Gasteiger partial charge in [-0.05, 0) is 39.8 Å². The number of piperidine rings is 1. The Labute approximate surface area is 120 Å². The van der Waals surface area contributed by atoms with Crippen molar-refractivity contribution in [3.8, 4) is 5.69 Å². The van der Waals surface area contributed by atoms with Crippen molar-refractivity contribution in [3.05, 3.63) is 30.6 Å². The van der Waals surface area contributed by atoms with Crippen LogP contribution < -0.4 is 5.32 Å². The maximum Gasteiger partial charge on any atom is 0.0995 e. The minimum absolute atomic E-state index is 0.196. The Morgan fingerprint density at radius 2 is 2.00 bits per heavy atom. The van der Waals surface area contributed by atoms with Gasteiger partial charge in [0, 0.05) is 29.5 Å². The molecule has 0 aliphatic carbocycles. The molecule has 20 heavy (non-hydrogen) atoms. The van der Waals surface area contributed by atoms with Crippen molar-refractivity contribution in [1.29, 1.82) is 0 Å². The standard InChI is InChI=1S/C15H23N5/c1-12(2)20-10-13(8-18-20)19-11-17-9-14(19)15(3)4-6-16-7-5-15/h8-12,16H,4-7H2,1-3H3. The molecule has 3 rings (SSSR count). The average Bonchev–Trinajstić information content (AvgIpc) is 3.08. The molecule has 0 radical (unpaired) electrons. The Balaban J connectivity index is 1.96.